The van der Waals surface area contributed by atoms with Crippen molar-refractivity contribution < 1.29 is 4.79 Å². The van der Waals surface area contributed by atoms with Gasteiger partial charge in [0.15, 0.2) is 5.78 Å². The van der Waals surface area contributed by atoms with E-state index in [-0.39, 0.29) is 5.78 Å². The number of nitrogens with zero attached hydrogens (tertiary/aromatic N) is 2. The normalized spacial score (nSPS) is 15.6. The molecule has 0 atom stereocenters. The second-order valence-corrected chi connectivity index (χ2v) is 5.39. The molecule has 1 fully saturated rings. The summed E-state index contributed by atoms with van der Waals surface area (Å²) in [5, 5.41) is 1.16. The number of rotatable bonds is 3. The van der Waals surface area contributed by atoms with E-state index in [9.17, 15) is 4.79 Å². The molecule has 0 aliphatic heterocycles. The fraction of sp³-hybridized carbons (Fsp3) is 0.417. The van der Waals surface area contributed by atoms with Gasteiger partial charge in [-0.05, 0) is 30.9 Å². The molecule has 1 aliphatic carbocycles. The molecule has 0 unspecified atom stereocenters. The molecule has 0 N–H and O–H groups in total. The summed E-state index contributed by atoms with van der Waals surface area (Å²) in [6.07, 6.45) is 3.75. The first-order valence-corrected chi connectivity index (χ1v) is 6.31. The van der Waals surface area contributed by atoms with E-state index in [4.69, 9.17) is 0 Å². The lowest BCUT2D eigenvalue weighted by Gasteiger charge is -1.92. The first-order chi connectivity index (χ1) is 7.72. The van der Waals surface area contributed by atoms with Crippen molar-refractivity contribution in [2.45, 2.75) is 26.2 Å². The number of carbonyl (C=O) groups is 1. The molecule has 0 amide bonds. The fourth-order valence-electron chi connectivity index (χ4n) is 1.71. The monoisotopic (exact) mass is 232 g/mol. The van der Waals surface area contributed by atoms with E-state index in [1.807, 2.05) is 6.07 Å². The van der Waals surface area contributed by atoms with Crippen LogP contribution in [0.5, 0.6) is 0 Å². The molecular weight excluding hydrogens is 220 g/mol. The van der Waals surface area contributed by atoms with Crippen LogP contribution >= 0.6 is 11.3 Å². The van der Waals surface area contributed by atoms with Gasteiger partial charge < -0.3 is 0 Å². The van der Waals surface area contributed by atoms with Gasteiger partial charge in [0.1, 0.15) is 16.0 Å². The van der Waals surface area contributed by atoms with Crippen LogP contribution in [0.1, 0.15) is 35.3 Å². The van der Waals surface area contributed by atoms with E-state index in [0.717, 1.165) is 27.7 Å². The van der Waals surface area contributed by atoms with Crippen molar-refractivity contribution in [3.63, 3.8) is 0 Å². The molecule has 3 nitrogen and oxygen atoms in total. The Morgan fingerprint density at radius 1 is 1.44 bits per heavy atom. The molecule has 0 bridgehead atoms. The molecule has 0 saturated heterocycles. The zero-order valence-corrected chi connectivity index (χ0v) is 9.88. The summed E-state index contributed by atoms with van der Waals surface area (Å²) in [7, 11) is 0. The topological polar surface area (TPSA) is 42.9 Å². The Balaban J connectivity index is 1.99. The largest absolute Gasteiger partial charge is 0.293 e. The number of aromatic nitrogens is 2. The van der Waals surface area contributed by atoms with Crippen molar-refractivity contribution in [1.29, 1.82) is 0 Å². The molecule has 4 heteroatoms. The van der Waals surface area contributed by atoms with Gasteiger partial charge in [0.05, 0.1) is 5.01 Å². The summed E-state index contributed by atoms with van der Waals surface area (Å²) in [4.78, 5) is 21.0. The van der Waals surface area contributed by atoms with Crippen molar-refractivity contribution in [3.05, 3.63) is 22.8 Å². The first-order valence-electron chi connectivity index (χ1n) is 5.50. The number of hydrogen-bond acceptors (Lipinski definition) is 4. The molecular formula is C12H12N2OS. The highest BCUT2D eigenvalue weighted by Gasteiger charge is 2.23. The van der Waals surface area contributed by atoms with Crippen LogP contribution in [-0.2, 0) is 6.42 Å². The van der Waals surface area contributed by atoms with Crippen molar-refractivity contribution >= 4 is 27.5 Å². The summed E-state index contributed by atoms with van der Waals surface area (Å²) in [5.74, 6) is 0.854. The number of thiazole rings is 1. The van der Waals surface area contributed by atoms with E-state index < -0.39 is 0 Å². The molecule has 0 spiro atoms. The third-order valence-electron chi connectivity index (χ3n) is 2.82. The average molecular weight is 232 g/mol. The second kappa shape index (κ2) is 3.63. The van der Waals surface area contributed by atoms with Crippen LogP contribution in [0.15, 0.2) is 12.1 Å². The first kappa shape index (κ1) is 9.90. The van der Waals surface area contributed by atoms with Gasteiger partial charge in [-0.1, -0.05) is 11.3 Å². The minimum Gasteiger partial charge on any atom is -0.293 e. The summed E-state index contributed by atoms with van der Waals surface area (Å²) in [6, 6.07) is 3.65. The van der Waals surface area contributed by atoms with Gasteiger partial charge >= 0.3 is 0 Å². The maximum atomic E-state index is 11.2. The predicted octanol–water partition coefficient (Wildman–Crippen LogP) is 2.85. The molecule has 16 heavy (non-hydrogen) atoms. The number of pyridine rings is 1. The van der Waals surface area contributed by atoms with Crippen molar-refractivity contribution in [2.24, 2.45) is 5.92 Å². The quantitative estimate of drug-likeness (QED) is 0.764. The number of carbonyl (C=O) groups excluding carboxylic acids is 1. The van der Waals surface area contributed by atoms with E-state index >= 15 is 0 Å². The fourth-order valence-corrected chi connectivity index (χ4v) is 2.76. The van der Waals surface area contributed by atoms with Crippen LogP contribution in [-0.4, -0.2) is 15.8 Å². The lowest BCUT2D eigenvalue weighted by Crippen LogP contribution is -1.94. The predicted molar refractivity (Wildman–Crippen MR) is 63.8 cm³/mol. The molecule has 2 heterocycles. The van der Waals surface area contributed by atoms with Gasteiger partial charge in [-0.2, -0.15) is 0 Å². The lowest BCUT2D eigenvalue weighted by atomic mass is 10.3. The number of ketones is 1. The summed E-state index contributed by atoms with van der Waals surface area (Å²) in [6.45, 7) is 1.54. The Kier molecular flexibility index (Phi) is 2.24. The smallest absolute Gasteiger partial charge is 0.178 e. The van der Waals surface area contributed by atoms with Crippen LogP contribution in [0.2, 0.25) is 0 Å². The molecule has 0 radical (unpaired) electrons. The van der Waals surface area contributed by atoms with Crippen LogP contribution in [0.3, 0.4) is 0 Å². The molecule has 2 aromatic rings. The van der Waals surface area contributed by atoms with E-state index in [0.29, 0.717) is 5.69 Å². The SMILES string of the molecule is CC(=O)c1ccc2nc(CC3CC3)sc2n1. The highest BCUT2D eigenvalue weighted by atomic mass is 32.1. The highest BCUT2D eigenvalue weighted by Crippen LogP contribution is 2.34. The Hall–Kier alpha value is -1.29. The van der Waals surface area contributed by atoms with Gasteiger partial charge in [0.2, 0.25) is 0 Å². The second-order valence-electron chi connectivity index (χ2n) is 4.33. The summed E-state index contributed by atoms with van der Waals surface area (Å²) in [5.41, 5.74) is 1.46. The average Bonchev–Trinajstić information content (AvgIpc) is 2.96. The van der Waals surface area contributed by atoms with Crippen LogP contribution < -0.4 is 0 Å². The number of fused-ring (bicyclic) bond motifs is 1. The molecule has 0 aromatic carbocycles. The van der Waals surface area contributed by atoms with Crippen molar-refractivity contribution in [2.75, 3.05) is 0 Å². The number of Topliss-reactive ketones (excluding diaryl/α,β-unsaturated/α-hetero) is 1. The Morgan fingerprint density at radius 2 is 2.25 bits per heavy atom. The van der Waals surface area contributed by atoms with E-state index in [1.165, 1.54) is 12.8 Å². The van der Waals surface area contributed by atoms with E-state index in [1.54, 1.807) is 24.3 Å². The Morgan fingerprint density at radius 3 is 2.94 bits per heavy atom. The van der Waals surface area contributed by atoms with Crippen molar-refractivity contribution in [3.8, 4) is 0 Å². The van der Waals surface area contributed by atoms with Gasteiger partial charge in [-0.3, -0.25) is 4.79 Å². The Labute approximate surface area is 97.5 Å². The van der Waals surface area contributed by atoms with E-state index in [2.05, 4.69) is 9.97 Å². The molecule has 3 rings (SSSR count). The molecule has 82 valence electrons. The molecule has 2 aromatic heterocycles. The lowest BCUT2D eigenvalue weighted by molar-refractivity contribution is 0.101. The minimum atomic E-state index is 0.0130. The number of hydrogen-bond donors (Lipinski definition) is 0. The molecule has 1 saturated carbocycles. The zero-order chi connectivity index (χ0) is 11.1. The third kappa shape index (κ3) is 1.85. The maximum Gasteiger partial charge on any atom is 0.178 e. The van der Waals surface area contributed by atoms with Crippen molar-refractivity contribution in [1.82, 2.24) is 9.97 Å². The van der Waals surface area contributed by atoms with Gasteiger partial charge in [-0.25, -0.2) is 9.97 Å². The third-order valence-corrected chi connectivity index (χ3v) is 3.81. The summed E-state index contributed by atoms with van der Waals surface area (Å²) < 4.78 is 0. The zero-order valence-electron chi connectivity index (χ0n) is 9.06. The molecule has 1 aliphatic rings. The van der Waals surface area contributed by atoms with Crippen LogP contribution in [0.4, 0.5) is 0 Å². The van der Waals surface area contributed by atoms with Crippen LogP contribution in [0.25, 0.3) is 10.3 Å². The van der Waals surface area contributed by atoms with Crippen LogP contribution in [0, 0.1) is 5.92 Å². The highest BCUT2D eigenvalue weighted by molar-refractivity contribution is 7.18. The van der Waals surface area contributed by atoms with Gasteiger partial charge in [-0.15, -0.1) is 0 Å². The summed E-state index contributed by atoms with van der Waals surface area (Å²) >= 11 is 1.62. The van der Waals surface area contributed by atoms with Gasteiger partial charge in [0, 0.05) is 13.3 Å². The van der Waals surface area contributed by atoms with Gasteiger partial charge in [0.25, 0.3) is 0 Å². The minimum absolute atomic E-state index is 0.0130. The maximum absolute atomic E-state index is 11.2. The standard InChI is InChI=1S/C12H12N2OS/c1-7(15)9-4-5-10-12(14-9)16-11(13-10)6-8-2-3-8/h4-5,8H,2-3,6H2,1H3. The Bertz CT molecular complexity index is 557.